The zero-order valence-electron chi connectivity index (χ0n) is 39.4. The summed E-state index contributed by atoms with van der Waals surface area (Å²) in [6.45, 7) is 21.3. The molecule has 0 spiro atoms. The summed E-state index contributed by atoms with van der Waals surface area (Å²) in [7, 11) is -1.04. The lowest BCUT2D eigenvalue weighted by Gasteiger charge is -2.42. The van der Waals surface area contributed by atoms with Gasteiger partial charge in [-0.05, 0) is 92.7 Å². The van der Waals surface area contributed by atoms with Crippen LogP contribution in [0.5, 0.6) is 11.5 Å². The monoisotopic (exact) mass is 918 g/mol. The van der Waals surface area contributed by atoms with E-state index in [4.69, 9.17) is 37.2 Å². The number of nitrogens with one attached hydrogen (secondary N) is 1. The Labute approximate surface area is 380 Å². The second kappa shape index (κ2) is 22.3. The molecule has 1 aromatic heterocycles. The van der Waals surface area contributed by atoms with Gasteiger partial charge in [0.05, 0.1) is 39.9 Å². The van der Waals surface area contributed by atoms with Gasteiger partial charge in [0.1, 0.15) is 42.2 Å². The summed E-state index contributed by atoms with van der Waals surface area (Å²) in [5.74, 6) is 1.69. The number of aromatic nitrogens is 2. The molecule has 1 aliphatic rings. The molecule has 348 valence electrons. The fourth-order valence-corrected chi connectivity index (χ4v) is 11.7. The number of hydrogen-bond acceptors (Lipinski definition) is 12. The molecule has 3 aromatic carbocycles. The van der Waals surface area contributed by atoms with Gasteiger partial charge in [-0.1, -0.05) is 82.3 Å². The molecular formula is C48H67N4O10PSi. The Morgan fingerprint density at radius 2 is 1.41 bits per heavy atom. The number of ether oxygens (including phenoxy) is 5. The van der Waals surface area contributed by atoms with Gasteiger partial charge in [-0.2, -0.15) is 5.26 Å². The fourth-order valence-electron chi connectivity index (χ4n) is 7.82. The number of hydrogen-bond donors (Lipinski definition) is 1. The Morgan fingerprint density at radius 1 is 0.844 bits per heavy atom. The van der Waals surface area contributed by atoms with Crippen LogP contribution in [0.4, 0.5) is 0 Å². The van der Waals surface area contributed by atoms with Gasteiger partial charge < -0.3 is 37.2 Å². The average molecular weight is 919 g/mol. The molecule has 1 saturated heterocycles. The van der Waals surface area contributed by atoms with Crippen molar-refractivity contribution in [2.45, 2.75) is 122 Å². The lowest BCUT2D eigenvalue weighted by Crippen LogP contribution is -2.47. The van der Waals surface area contributed by atoms with Crippen LogP contribution in [0.15, 0.2) is 101 Å². The number of nitrogens with zero attached hydrogens (tertiary/aromatic N) is 3. The Morgan fingerprint density at radius 3 is 1.91 bits per heavy atom. The summed E-state index contributed by atoms with van der Waals surface area (Å²) in [6.07, 6.45) is -2.39. The summed E-state index contributed by atoms with van der Waals surface area (Å²) in [6, 6.07) is 28.8. The predicted octanol–water partition coefficient (Wildman–Crippen LogP) is 9.12. The summed E-state index contributed by atoms with van der Waals surface area (Å²) >= 11 is 0. The Kier molecular flexibility index (Phi) is 17.7. The van der Waals surface area contributed by atoms with Crippen molar-refractivity contribution in [2.75, 3.05) is 34.2 Å². The van der Waals surface area contributed by atoms with Crippen LogP contribution in [0.3, 0.4) is 0 Å². The molecule has 14 nitrogen and oxygen atoms in total. The Balaban J connectivity index is 1.69. The van der Waals surface area contributed by atoms with Gasteiger partial charge in [0.2, 0.25) is 0 Å². The lowest BCUT2D eigenvalue weighted by atomic mass is 9.80. The maximum atomic E-state index is 13.7. The largest absolute Gasteiger partial charge is 0.497 e. The average Bonchev–Trinajstić information content (AvgIpc) is 3.59. The number of benzene rings is 3. The van der Waals surface area contributed by atoms with E-state index in [0.717, 1.165) is 16.7 Å². The van der Waals surface area contributed by atoms with Crippen molar-refractivity contribution in [3.05, 3.63) is 129 Å². The van der Waals surface area contributed by atoms with E-state index in [1.165, 1.54) is 16.8 Å². The molecule has 0 saturated carbocycles. The van der Waals surface area contributed by atoms with Gasteiger partial charge in [0.15, 0.2) is 14.5 Å². The van der Waals surface area contributed by atoms with Crippen LogP contribution in [0.25, 0.3) is 0 Å². The molecular weight excluding hydrogens is 852 g/mol. The second-order valence-electron chi connectivity index (χ2n) is 17.8. The minimum atomic E-state index is -2.42. The van der Waals surface area contributed by atoms with E-state index in [1.807, 2.05) is 78.9 Å². The van der Waals surface area contributed by atoms with E-state index in [-0.39, 0.29) is 43.5 Å². The summed E-state index contributed by atoms with van der Waals surface area (Å²) in [5.41, 5.74) is -0.0134. The highest BCUT2D eigenvalue weighted by atomic mass is 31.2. The van der Waals surface area contributed by atoms with Gasteiger partial charge in [0.25, 0.3) is 14.1 Å². The maximum Gasteiger partial charge on any atom is 0.330 e. The molecule has 0 amide bonds. The minimum absolute atomic E-state index is 0.0218. The molecule has 0 aliphatic carbocycles. The predicted molar refractivity (Wildman–Crippen MR) is 251 cm³/mol. The number of H-pyrrole nitrogens is 1. The highest BCUT2D eigenvalue weighted by Crippen LogP contribution is 2.52. The van der Waals surface area contributed by atoms with Crippen LogP contribution in [0.2, 0.25) is 18.1 Å². The molecule has 64 heavy (non-hydrogen) atoms. The highest BCUT2D eigenvalue weighted by Gasteiger charge is 2.52. The molecule has 1 aliphatic heterocycles. The Hall–Kier alpha value is -4.20. The van der Waals surface area contributed by atoms with Crippen molar-refractivity contribution in [3.8, 4) is 17.6 Å². The quantitative estimate of drug-likeness (QED) is 0.0248. The summed E-state index contributed by atoms with van der Waals surface area (Å²) in [4.78, 5) is 28.5. The maximum absolute atomic E-state index is 13.7. The van der Waals surface area contributed by atoms with Crippen molar-refractivity contribution in [1.29, 1.82) is 5.26 Å². The van der Waals surface area contributed by atoms with Crippen molar-refractivity contribution < 1.29 is 37.2 Å². The fraction of sp³-hybridized carbons (Fsp3) is 0.521. The van der Waals surface area contributed by atoms with Gasteiger partial charge in [-0.3, -0.25) is 14.3 Å². The number of methoxy groups -OCH3 is 2. The van der Waals surface area contributed by atoms with E-state index < -0.39 is 58.2 Å². The topological polar surface area (TPSA) is 156 Å². The molecule has 0 radical (unpaired) electrons. The molecule has 16 heteroatoms. The van der Waals surface area contributed by atoms with Crippen LogP contribution < -0.4 is 20.7 Å². The summed E-state index contributed by atoms with van der Waals surface area (Å²) < 4.78 is 56.1. The van der Waals surface area contributed by atoms with Gasteiger partial charge in [-0.25, -0.2) is 9.46 Å². The van der Waals surface area contributed by atoms with E-state index >= 15 is 0 Å². The van der Waals surface area contributed by atoms with E-state index in [1.54, 1.807) is 14.2 Å². The third-order valence-corrected chi connectivity index (χ3v) is 19.2. The van der Waals surface area contributed by atoms with Gasteiger partial charge in [0, 0.05) is 24.3 Å². The van der Waals surface area contributed by atoms with Crippen LogP contribution >= 0.6 is 8.53 Å². The first kappa shape index (κ1) is 50.8. The molecule has 1 unspecified atom stereocenters. The molecule has 4 aromatic rings. The third kappa shape index (κ3) is 11.4. The molecule has 5 atom stereocenters. The smallest absolute Gasteiger partial charge is 0.330 e. The van der Waals surface area contributed by atoms with Crippen LogP contribution in [-0.4, -0.2) is 87.2 Å². The summed E-state index contributed by atoms with van der Waals surface area (Å²) in [5, 5.41) is 9.42. The molecule has 1 N–H and O–H groups in total. The SMILES string of the molecule is COc1ccc(C(OC[C@H]2O[C@@H](n3ccc(=O)[nH]c3=O)[C@H](OCO[Si](C)(C)C(C)(C)C(C)C)[C@@H]2OP(OCCC#N)N(C(C)C)C(C)C)(c2ccccc2)c2ccc(OC)cc2)cc1. The van der Waals surface area contributed by atoms with Crippen molar-refractivity contribution in [3.63, 3.8) is 0 Å². The van der Waals surface area contributed by atoms with Crippen LogP contribution in [-0.2, 0) is 33.3 Å². The minimum Gasteiger partial charge on any atom is -0.497 e. The lowest BCUT2D eigenvalue weighted by molar-refractivity contribution is -0.115. The number of nitriles is 1. The standard InChI is InChI=1S/C48H67N4O10PSi/c1-33(2)47(7,8)64(11,12)60-32-57-44-43(62-63(59-30-16-28-49)52(34(3)4)35(5)6)41(61-45(44)51-29-27-42(53)50-46(51)54)31-58-48(36-17-14-13-15-18-36,37-19-23-39(55-9)24-20-37)38-21-25-40(56-10)26-22-38/h13-15,17-27,29,33-35,41,43-45H,16,30-32H2,1-12H3,(H,50,53,54)/t41-,43-,44-,45-,63?/m1/s1. The number of rotatable bonds is 23. The van der Waals surface area contributed by atoms with Crippen molar-refractivity contribution >= 4 is 16.8 Å². The van der Waals surface area contributed by atoms with Crippen LogP contribution in [0, 0.1) is 17.2 Å². The van der Waals surface area contributed by atoms with Crippen LogP contribution in [0.1, 0.15) is 84.7 Å². The third-order valence-electron chi connectivity index (χ3n) is 12.6. The highest BCUT2D eigenvalue weighted by molar-refractivity contribution is 7.44. The molecule has 2 heterocycles. The zero-order valence-corrected chi connectivity index (χ0v) is 41.3. The number of aromatic amines is 1. The first-order valence-electron chi connectivity index (χ1n) is 21.9. The van der Waals surface area contributed by atoms with E-state index in [2.05, 4.69) is 84.2 Å². The van der Waals surface area contributed by atoms with Gasteiger partial charge in [-0.15, -0.1) is 0 Å². The molecule has 5 rings (SSSR count). The first-order valence-corrected chi connectivity index (χ1v) is 25.9. The normalized spacial score (nSPS) is 18.8. The first-order chi connectivity index (χ1) is 30.4. The molecule has 1 fully saturated rings. The Bertz CT molecular complexity index is 2170. The van der Waals surface area contributed by atoms with Crippen molar-refractivity contribution in [1.82, 2.24) is 14.2 Å². The van der Waals surface area contributed by atoms with Crippen molar-refractivity contribution in [2.24, 2.45) is 5.92 Å². The zero-order chi connectivity index (χ0) is 46.8. The van der Waals surface area contributed by atoms with E-state index in [9.17, 15) is 14.9 Å². The van der Waals surface area contributed by atoms with E-state index in [0.29, 0.717) is 17.4 Å². The van der Waals surface area contributed by atoms with Gasteiger partial charge >= 0.3 is 5.69 Å². The molecule has 0 bridgehead atoms. The second-order valence-corrected chi connectivity index (χ2v) is 23.8.